The van der Waals surface area contributed by atoms with E-state index >= 15 is 0 Å². The van der Waals surface area contributed by atoms with Gasteiger partial charge in [0, 0.05) is 0 Å². The van der Waals surface area contributed by atoms with Crippen molar-refractivity contribution in [3.8, 4) is 0 Å². The summed E-state index contributed by atoms with van der Waals surface area (Å²) in [5, 5.41) is 0. The molecule has 0 spiro atoms. The maximum Gasteiger partial charge on any atom is 0.328 e. The first-order valence-electron chi connectivity index (χ1n) is 5.23. The summed E-state index contributed by atoms with van der Waals surface area (Å²) in [6, 6.07) is 0. The van der Waals surface area contributed by atoms with Gasteiger partial charge in [0.1, 0.15) is 11.6 Å². The van der Waals surface area contributed by atoms with E-state index in [1.54, 1.807) is 0 Å². The van der Waals surface area contributed by atoms with Crippen molar-refractivity contribution in [1.82, 2.24) is 0 Å². The largest absolute Gasteiger partial charge is 0.468 e. The van der Waals surface area contributed by atoms with Crippen LogP contribution in [0.4, 0.5) is 0 Å². The third-order valence-electron chi connectivity index (χ3n) is 3.04. The number of carbonyl (C=O) groups is 1. The van der Waals surface area contributed by atoms with Crippen molar-refractivity contribution < 1.29 is 19.0 Å². The van der Waals surface area contributed by atoms with E-state index in [9.17, 15) is 4.79 Å². The van der Waals surface area contributed by atoms with Crippen LogP contribution in [-0.4, -0.2) is 44.5 Å². The van der Waals surface area contributed by atoms with Gasteiger partial charge in [0.15, 0.2) is 0 Å². The van der Waals surface area contributed by atoms with Crippen molar-refractivity contribution in [2.75, 3.05) is 26.9 Å². The fourth-order valence-electron chi connectivity index (χ4n) is 1.70. The van der Waals surface area contributed by atoms with E-state index in [0.717, 1.165) is 12.8 Å². The van der Waals surface area contributed by atoms with Crippen molar-refractivity contribution >= 4 is 5.97 Å². The zero-order chi connectivity index (χ0) is 10.9. The number of nitrogens with two attached hydrogens (primary N) is 1. The molecule has 5 nitrogen and oxygen atoms in total. The van der Waals surface area contributed by atoms with Gasteiger partial charge in [-0.1, -0.05) is 0 Å². The molecule has 1 heterocycles. The van der Waals surface area contributed by atoms with Crippen LogP contribution in [0.3, 0.4) is 0 Å². The Bertz CT molecular complexity index is 250. The van der Waals surface area contributed by atoms with Crippen LogP contribution in [0.5, 0.6) is 0 Å². The van der Waals surface area contributed by atoms with Crippen LogP contribution >= 0.6 is 0 Å². The molecule has 1 saturated heterocycles. The molecule has 15 heavy (non-hydrogen) atoms. The molecule has 2 aliphatic rings. The lowest BCUT2D eigenvalue weighted by Crippen LogP contribution is -2.56. The number of rotatable bonds is 5. The monoisotopic (exact) mass is 215 g/mol. The molecule has 1 saturated carbocycles. The lowest BCUT2D eigenvalue weighted by Gasteiger charge is -2.32. The second-order valence-electron chi connectivity index (χ2n) is 4.28. The van der Waals surface area contributed by atoms with E-state index in [0.29, 0.717) is 13.2 Å². The summed E-state index contributed by atoms with van der Waals surface area (Å²) < 4.78 is 15.2. The molecular formula is C10H17NO4. The summed E-state index contributed by atoms with van der Waals surface area (Å²) in [6.45, 7) is 1.43. The third kappa shape index (κ3) is 2.14. The molecule has 1 atom stereocenters. The Balaban J connectivity index is 1.89. The highest BCUT2D eigenvalue weighted by Gasteiger charge is 2.49. The average Bonchev–Trinajstić information content (AvgIpc) is 2.97. The van der Waals surface area contributed by atoms with Gasteiger partial charge in [-0.15, -0.1) is 0 Å². The average molecular weight is 215 g/mol. The number of carbonyl (C=O) groups excluding carboxylic acids is 1. The van der Waals surface area contributed by atoms with E-state index in [1.165, 1.54) is 7.11 Å². The quantitative estimate of drug-likeness (QED) is 0.636. The molecule has 0 bridgehead atoms. The van der Waals surface area contributed by atoms with Crippen LogP contribution in [0.15, 0.2) is 0 Å². The lowest BCUT2D eigenvalue weighted by molar-refractivity contribution is -0.163. The van der Waals surface area contributed by atoms with Gasteiger partial charge in [0.05, 0.1) is 26.9 Å². The molecule has 5 heteroatoms. The standard InChI is InChI=1S/C10H17NO4/c1-13-9(12)10(11,7-2-3-7)6-15-8-4-14-5-8/h7-8H,2-6,11H2,1H3. The second kappa shape index (κ2) is 4.08. The van der Waals surface area contributed by atoms with E-state index in [1.807, 2.05) is 0 Å². The maximum atomic E-state index is 11.6. The lowest BCUT2D eigenvalue weighted by atomic mass is 9.96. The first kappa shape index (κ1) is 10.9. The minimum atomic E-state index is -0.954. The van der Waals surface area contributed by atoms with Crippen LogP contribution in [0.25, 0.3) is 0 Å². The van der Waals surface area contributed by atoms with Gasteiger partial charge in [-0.05, 0) is 18.8 Å². The van der Waals surface area contributed by atoms with E-state index in [2.05, 4.69) is 0 Å². The third-order valence-corrected chi connectivity index (χ3v) is 3.04. The van der Waals surface area contributed by atoms with Gasteiger partial charge in [-0.25, -0.2) is 4.79 Å². The predicted molar refractivity (Wildman–Crippen MR) is 52.2 cm³/mol. The molecule has 1 aliphatic heterocycles. The van der Waals surface area contributed by atoms with E-state index < -0.39 is 5.54 Å². The Morgan fingerprint density at radius 3 is 2.60 bits per heavy atom. The van der Waals surface area contributed by atoms with Gasteiger partial charge < -0.3 is 19.9 Å². The van der Waals surface area contributed by atoms with Gasteiger partial charge in [-0.2, -0.15) is 0 Å². The minimum Gasteiger partial charge on any atom is -0.468 e. The van der Waals surface area contributed by atoms with Crippen LogP contribution in [0.1, 0.15) is 12.8 Å². The van der Waals surface area contributed by atoms with Crippen molar-refractivity contribution in [3.05, 3.63) is 0 Å². The highest BCUT2D eigenvalue weighted by molar-refractivity contribution is 5.81. The molecule has 2 fully saturated rings. The first-order valence-corrected chi connectivity index (χ1v) is 5.23. The molecule has 0 aromatic heterocycles. The van der Waals surface area contributed by atoms with Gasteiger partial charge in [-0.3, -0.25) is 0 Å². The molecule has 2 N–H and O–H groups in total. The molecular weight excluding hydrogens is 198 g/mol. The number of hydrogen-bond acceptors (Lipinski definition) is 5. The summed E-state index contributed by atoms with van der Waals surface area (Å²) in [7, 11) is 1.36. The molecule has 1 aliphatic carbocycles. The zero-order valence-electron chi connectivity index (χ0n) is 8.90. The summed E-state index contributed by atoms with van der Waals surface area (Å²) in [6.07, 6.45) is 2.06. The minimum absolute atomic E-state index is 0.0938. The van der Waals surface area contributed by atoms with Crippen molar-refractivity contribution in [1.29, 1.82) is 0 Å². The van der Waals surface area contributed by atoms with Crippen molar-refractivity contribution in [2.45, 2.75) is 24.5 Å². The van der Waals surface area contributed by atoms with Gasteiger partial charge >= 0.3 is 5.97 Å². The highest BCUT2D eigenvalue weighted by atomic mass is 16.6. The smallest absolute Gasteiger partial charge is 0.328 e. The van der Waals surface area contributed by atoms with Gasteiger partial charge in [0.2, 0.25) is 0 Å². The number of methoxy groups -OCH3 is 1. The maximum absolute atomic E-state index is 11.6. The second-order valence-corrected chi connectivity index (χ2v) is 4.28. The van der Waals surface area contributed by atoms with Crippen LogP contribution in [0, 0.1) is 5.92 Å². The normalized spacial score (nSPS) is 25.5. The van der Waals surface area contributed by atoms with Gasteiger partial charge in [0.25, 0.3) is 0 Å². The predicted octanol–water partition coefficient (Wildman–Crippen LogP) is -0.318. The number of esters is 1. The van der Waals surface area contributed by atoms with Crippen LogP contribution < -0.4 is 5.73 Å². The summed E-state index contributed by atoms with van der Waals surface area (Å²) in [5.74, 6) is -0.156. The fourth-order valence-corrected chi connectivity index (χ4v) is 1.70. The SMILES string of the molecule is COC(=O)C(N)(COC1COC1)C1CC1. The molecule has 86 valence electrons. The van der Waals surface area contributed by atoms with Crippen LogP contribution in [-0.2, 0) is 19.0 Å². The van der Waals surface area contributed by atoms with Crippen molar-refractivity contribution in [2.24, 2.45) is 11.7 Å². The highest BCUT2D eigenvalue weighted by Crippen LogP contribution is 2.39. The van der Waals surface area contributed by atoms with E-state index in [-0.39, 0.29) is 24.6 Å². The Labute approximate surface area is 88.9 Å². The molecule has 1 unspecified atom stereocenters. The zero-order valence-corrected chi connectivity index (χ0v) is 8.90. The molecule has 0 radical (unpaired) electrons. The fraction of sp³-hybridized carbons (Fsp3) is 0.900. The molecule has 0 aromatic rings. The summed E-state index contributed by atoms with van der Waals surface area (Å²) in [4.78, 5) is 11.6. The Morgan fingerprint density at radius 2 is 2.20 bits per heavy atom. The first-order chi connectivity index (χ1) is 7.16. The number of ether oxygens (including phenoxy) is 3. The molecule has 0 amide bonds. The van der Waals surface area contributed by atoms with E-state index in [4.69, 9.17) is 19.9 Å². The van der Waals surface area contributed by atoms with Crippen LogP contribution in [0.2, 0.25) is 0 Å². The Kier molecular flexibility index (Phi) is 2.95. The summed E-state index contributed by atoms with van der Waals surface area (Å²) in [5.41, 5.74) is 5.09. The molecule has 0 aromatic carbocycles. The Morgan fingerprint density at radius 1 is 1.53 bits per heavy atom. The van der Waals surface area contributed by atoms with Crippen molar-refractivity contribution in [3.63, 3.8) is 0 Å². The molecule has 2 rings (SSSR count). The summed E-state index contributed by atoms with van der Waals surface area (Å²) >= 11 is 0. The Hall–Kier alpha value is -0.650. The topological polar surface area (TPSA) is 70.8 Å². The number of hydrogen-bond donors (Lipinski definition) is 1.